The Kier molecular flexibility index (Phi) is 5.63. The maximum Gasteiger partial charge on any atom is 0.325 e. The minimum atomic E-state index is -0.635. The summed E-state index contributed by atoms with van der Waals surface area (Å²) in [5.41, 5.74) is 0.579. The minimum absolute atomic E-state index is 0.334. The van der Waals surface area contributed by atoms with Crippen LogP contribution in [0, 0.1) is 0 Å². The van der Waals surface area contributed by atoms with Gasteiger partial charge in [-0.25, -0.2) is 4.79 Å². The first kappa shape index (κ1) is 16.1. The molecule has 0 saturated heterocycles. The Hall–Kier alpha value is -2.24. The Morgan fingerprint density at radius 2 is 1.64 bits per heavy atom. The van der Waals surface area contributed by atoms with E-state index in [9.17, 15) is 9.59 Å². The third kappa shape index (κ3) is 5.27. The first-order valence-electron chi connectivity index (χ1n) is 6.28. The number of anilines is 1. The molecule has 2 N–H and O–H groups in total. The van der Waals surface area contributed by atoms with Gasteiger partial charge in [0, 0.05) is 15.7 Å². The summed E-state index contributed by atoms with van der Waals surface area (Å²) in [6.45, 7) is -0.334. The highest BCUT2D eigenvalue weighted by atomic mass is 35.5. The van der Waals surface area contributed by atoms with Gasteiger partial charge in [0.1, 0.15) is 5.75 Å². The molecule has 0 spiro atoms. The van der Waals surface area contributed by atoms with Gasteiger partial charge in [0.2, 0.25) is 0 Å². The summed E-state index contributed by atoms with van der Waals surface area (Å²) in [6, 6.07) is 12.7. The number of ether oxygens (including phenoxy) is 1. The molecule has 7 heteroatoms. The molecule has 0 aliphatic rings. The topological polar surface area (TPSA) is 67.4 Å². The van der Waals surface area contributed by atoms with Gasteiger partial charge in [-0.2, -0.15) is 0 Å². The van der Waals surface area contributed by atoms with Crippen LogP contribution in [0.2, 0.25) is 10.0 Å². The maximum absolute atomic E-state index is 11.6. The van der Waals surface area contributed by atoms with Crippen molar-refractivity contribution in [1.29, 1.82) is 0 Å². The predicted molar refractivity (Wildman–Crippen MR) is 85.6 cm³/mol. The molecule has 0 fully saturated rings. The monoisotopic (exact) mass is 338 g/mol. The number of hydrogen-bond acceptors (Lipinski definition) is 3. The smallest absolute Gasteiger partial charge is 0.325 e. The van der Waals surface area contributed by atoms with Gasteiger partial charge >= 0.3 is 6.03 Å². The number of imide groups is 1. The SMILES string of the molecule is O=C(COc1cc(Cl)cc(Cl)c1)NC(=O)Nc1ccccc1. The summed E-state index contributed by atoms with van der Waals surface area (Å²) in [5.74, 6) is -0.249. The van der Waals surface area contributed by atoms with Gasteiger partial charge in [-0.3, -0.25) is 10.1 Å². The van der Waals surface area contributed by atoms with Crippen molar-refractivity contribution in [3.63, 3.8) is 0 Å². The molecule has 0 radical (unpaired) electrons. The highest BCUT2D eigenvalue weighted by Crippen LogP contribution is 2.23. The van der Waals surface area contributed by atoms with E-state index < -0.39 is 11.9 Å². The quantitative estimate of drug-likeness (QED) is 0.892. The summed E-state index contributed by atoms with van der Waals surface area (Å²) in [7, 11) is 0. The van der Waals surface area contributed by atoms with Gasteiger partial charge in [-0.05, 0) is 30.3 Å². The van der Waals surface area contributed by atoms with E-state index in [0.29, 0.717) is 21.5 Å². The zero-order chi connectivity index (χ0) is 15.9. The van der Waals surface area contributed by atoms with Crippen LogP contribution in [0.4, 0.5) is 10.5 Å². The van der Waals surface area contributed by atoms with Crippen LogP contribution in [0.1, 0.15) is 0 Å². The molecule has 0 atom stereocenters. The Morgan fingerprint density at radius 1 is 1.00 bits per heavy atom. The number of benzene rings is 2. The molecule has 3 amide bonds. The van der Waals surface area contributed by atoms with Crippen molar-refractivity contribution in [2.24, 2.45) is 0 Å². The fraction of sp³-hybridized carbons (Fsp3) is 0.0667. The number of urea groups is 1. The van der Waals surface area contributed by atoms with Crippen molar-refractivity contribution in [2.45, 2.75) is 0 Å². The van der Waals surface area contributed by atoms with Gasteiger partial charge in [0.15, 0.2) is 6.61 Å². The number of para-hydroxylation sites is 1. The molecule has 0 aliphatic heterocycles. The lowest BCUT2D eigenvalue weighted by Crippen LogP contribution is -2.37. The summed E-state index contributed by atoms with van der Waals surface area (Å²) in [4.78, 5) is 23.2. The van der Waals surface area contributed by atoms with Gasteiger partial charge in [-0.1, -0.05) is 41.4 Å². The molecule has 0 aliphatic carbocycles. The van der Waals surface area contributed by atoms with E-state index in [-0.39, 0.29) is 6.61 Å². The molecule has 5 nitrogen and oxygen atoms in total. The Bertz CT molecular complexity index is 657. The van der Waals surface area contributed by atoms with Gasteiger partial charge in [0.05, 0.1) is 0 Å². The van der Waals surface area contributed by atoms with Crippen LogP contribution in [0.5, 0.6) is 5.75 Å². The third-order valence-corrected chi connectivity index (χ3v) is 2.93. The Morgan fingerprint density at radius 3 is 2.27 bits per heavy atom. The molecule has 0 saturated carbocycles. The standard InChI is InChI=1S/C15H12Cl2N2O3/c16-10-6-11(17)8-13(7-10)22-9-14(20)19-15(21)18-12-4-2-1-3-5-12/h1-8H,9H2,(H2,18,19,20,21). The van der Waals surface area contributed by atoms with Crippen LogP contribution in [0.25, 0.3) is 0 Å². The summed E-state index contributed by atoms with van der Waals surface area (Å²) in [6.07, 6.45) is 0. The predicted octanol–water partition coefficient (Wildman–Crippen LogP) is 3.72. The zero-order valence-corrected chi connectivity index (χ0v) is 12.8. The normalized spacial score (nSPS) is 9.91. The molecule has 2 aromatic rings. The van der Waals surface area contributed by atoms with E-state index in [1.165, 1.54) is 12.1 Å². The molecule has 0 unspecified atom stereocenters. The molecule has 0 aromatic heterocycles. The van der Waals surface area contributed by atoms with Crippen molar-refractivity contribution in [3.05, 3.63) is 58.6 Å². The van der Waals surface area contributed by atoms with E-state index in [4.69, 9.17) is 27.9 Å². The number of carbonyl (C=O) groups excluding carboxylic acids is 2. The van der Waals surface area contributed by atoms with Crippen LogP contribution in [-0.4, -0.2) is 18.5 Å². The van der Waals surface area contributed by atoms with Crippen LogP contribution in [0.3, 0.4) is 0 Å². The summed E-state index contributed by atoms with van der Waals surface area (Å²) >= 11 is 11.6. The van der Waals surface area contributed by atoms with E-state index >= 15 is 0 Å². The highest BCUT2D eigenvalue weighted by molar-refractivity contribution is 6.34. The average molecular weight is 339 g/mol. The van der Waals surface area contributed by atoms with E-state index in [2.05, 4.69) is 10.6 Å². The summed E-state index contributed by atoms with van der Waals surface area (Å²) in [5, 5.41) is 5.46. The first-order chi connectivity index (χ1) is 10.5. The molecule has 0 bridgehead atoms. The second-order valence-electron chi connectivity index (χ2n) is 4.26. The van der Waals surface area contributed by atoms with E-state index in [1.54, 1.807) is 30.3 Å². The Labute approximate surface area is 137 Å². The number of halogens is 2. The van der Waals surface area contributed by atoms with Gasteiger partial charge in [0.25, 0.3) is 5.91 Å². The fourth-order valence-electron chi connectivity index (χ4n) is 1.61. The largest absolute Gasteiger partial charge is 0.484 e. The third-order valence-electron chi connectivity index (χ3n) is 2.49. The fourth-order valence-corrected chi connectivity index (χ4v) is 2.11. The first-order valence-corrected chi connectivity index (χ1v) is 7.03. The summed E-state index contributed by atoms with van der Waals surface area (Å²) < 4.78 is 5.22. The maximum atomic E-state index is 11.6. The molecular weight excluding hydrogens is 327 g/mol. The lowest BCUT2D eigenvalue weighted by molar-refractivity contribution is -0.121. The molecule has 2 rings (SSSR count). The second kappa shape index (κ2) is 7.68. The van der Waals surface area contributed by atoms with Crippen molar-refractivity contribution >= 4 is 40.8 Å². The molecule has 22 heavy (non-hydrogen) atoms. The van der Waals surface area contributed by atoms with Crippen molar-refractivity contribution < 1.29 is 14.3 Å². The molecular formula is C15H12Cl2N2O3. The minimum Gasteiger partial charge on any atom is -0.484 e. The Balaban J connectivity index is 1.81. The highest BCUT2D eigenvalue weighted by Gasteiger charge is 2.09. The van der Waals surface area contributed by atoms with Crippen molar-refractivity contribution in [2.75, 3.05) is 11.9 Å². The van der Waals surface area contributed by atoms with Crippen molar-refractivity contribution in [1.82, 2.24) is 5.32 Å². The van der Waals surface area contributed by atoms with Crippen LogP contribution >= 0.6 is 23.2 Å². The molecule has 114 valence electrons. The second-order valence-corrected chi connectivity index (χ2v) is 5.14. The molecule has 0 heterocycles. The lowest BCUT2D eigenvalue weighted by Gasteiger charge is -2.08. The number of hydrogen-bond donors (Lipinski definition) is 2. The van der Waals surface area contributed by atoms with Crippen molar-refractivity contribution in [3.8, 4) is 5.75 Å². The number of carbonyl (C=O) groups is 2. The number of rotatable bonds is 4. The molecule has 2 aromatic carbocycles. The van der Waals surface area contributed by atoms with E-state index in [1.807, 2.05) is 6.07 Å². The zero-order valence-electron chi connectivity index (χ0n) is 11.3. The average Bonchev–Trinajstić information content (AvgIpc) is 2.45. The van der Waals surface area contributed by atoms with Gasteiger partial charge in [-0.15, -0.1) is 0 Å². The van der Waals surface area contributed by atoms with Crippen LogP contribution in [-0.2, 0) is 4.79 Å². The number of nitrogens with one attached hydrogen (secondary N) is 2. The van der Waals surface area contributed by atoms with Crippen LogP contribution in [0.15, 0.2) is 48.5 Å². The van der Waals surface area contributed by atoms with Gasteiger partial charge < -0.3 is 10.1 Å². The van der Waals surface area contributed by atoms with Crippen LogP contribution < -0.4 is 15.4 Å². The number of amides is 3. The lowest BCUT2D eigenvalue weighted by atomic mass is 10.3. The van der Waals surface area contributed by atoms with E-state index in [0.717, 1.165) is 0 Å².